The summed E-state index contributed by atoms with van der Waals surface area (Å²) in [5, 5.41) is 20.7. The van der Waals surface area contributed by atoms with Crippen molar-refractivity contribution < 1.29 is 75.8 Å². The summed E-state index contributed by atoms with van der Waals surface area (Å²) in [5.41, 5.74) is 0. The van der Waals surface area contributed by atoms with Crippen LogP contribution >= 0.6 is 15.6 Å². The molecule has 5 unspecified atom stereocenters. The lowest BCUT2D eigenvalue weighted by Crippen LogP contribution is -2.30. The van der Waals surface area contributed by atoms with E-state index in [9.17, 15) is 43.5 Å². The van der Waals surface area contributed by atoms with E-state index >= 15 is 0 Å². The first-order chi connectivity index (χ1) is 55.2. The lowest BCUT2D eigenvalue weighted by atomic mass is 10.0. The number of aliphatic hydroxyl groups is 2. The second kappa shape index (κ2) is 85.8. The molecular weight excluding hydrogens is 1460 g/mol. The zero-order valence-corrected chi connectivity index (χ0v) is 72.3. The third-order valence-corrected chi connectivity index (χ3v) is 19.7. The number of carbonyl (C=O) groups excluding carboxylic acids is 3. The van der Waals surface area contributed by atoms with Crippen molar-refractivity contribution in [2.45, 2.75) is 347 Å². The Morgan fingerprint density at radius 1 is 0.248 bits per heavy atom. The molecule has 0 fully saturated rings. The molecule has 16 nitrogen and oxygen atoms in total. The molecule has 0 aliphatic rings. The van der Waals surface area contributed by atoms with E-state index in [1.54, 1.807) is 0 Å². The molecule has 0 amide bonds. The van der Waals surface area contributed by atoms with E-state index in [1.165, 1.54) is 103 Å². The van der Waals surface area contributed by atoms with Gasteiger partial charge in [0, 0.05) is 19.3 Å². The van der Waals surface area contributed by atoms with Crippen LogP contribution in [0.15, 0.2) is 194 Å². The van der Waals surface area contributed by atoms with Gasteiger partial charge in [0.05, 0.1) is 26.4 Å². The summed E-state index contributed by atoms with van der Waals surface area (Å²) in [6.45, 7) is 2.26. The van der Waals surface area contributed by atoms with Crippen molar-refractivity contribution in [1.82, 2.24) is 0 Å². The number of hydrogen-bond donors (Lipinski definition) is 4. The maximum absolute atomic E-state index is 13.0. The molecule has 0 aromatic carbocycles. The number of hydrogen-bond acceptors (Lipinski definition) is 14. The quantitative estimate of drug-likeness (QED) is 0.0146. The van der Waals surface area contributed by atoms with E-state index in [-0.39, 0.29) is 19.3 Å². The highest BCUT2D eigenvalue weighted by Gasteiger charge is 2.29. The predicted octanol–water partition coefficient (Wildman–Crippen LogP) is 26.7. The molecule has 0 saturated carbocycles. The van der Waals surface area contributed by atoms with Crippen molar-refractivity contribution in [3.05, 3.63) is 194 Å². The molecule has 0 aliphatic carbocycles. The van der Waals surface area contributed by atoms with Crippen LogP contribution in [-0.4, -0.2) is 95.9 Å². The van der Waals surface area contributed by atoms with E-state index in [0.717, 1.165) is 161 Å². The Bertz CT molecular complexity index is 2830. The number of allylic oxidation sites excluding steroid dienone is 32. The molecule has 0 aromatic heterocycles. The predicted molar refractivity (Wildman–Crippen MR) is 472 cm³/mol. The lowest BCUT2D eigenvalue weighted by Gasteiger charge is -2.21. The zero-order valence-electron chi connectivity index (χ0n) is 70.5. The first-order valence-corrected chi connectivity index (χ1v) is 46.7. The lowest BCUT2D eigenvalue weighted by molar-refractivity contribution is -0.161. The number of phosphoric ester groups is 2. The van der Waals surface area contributed by atoms with Gasteiger partial charge in [-0.15, -0.1) is 0 Å². The van der Waals surface area contributed by atoms with Crippen molar-refractivity contribution >= 4 is 33.6 Å². The van der Waals surface area contributed by atoms with Crippen LogP contribution in [0.25, 0.3) is 0 Å². The first-order valence-electron chi connectivity index (χ1n) is 43.7. The van der Waals surface area contributed by atoms with Crippen LogP contribution in [-0.2, 0) is 55.8 Å². The van der Waals surface area contributed by atoms with Crippen molar-refractivity contribution in [2.24, 2.45) is 0 Å². The van der Waals surface area contributed by atoms with Crippen LogP contribution in [0, 0.1) is 0 Å². The molecule has 18 heteroatoms. The molecule has 0 rings (SSSR count). The van der Waals surface area contributed by atoms with Gasteiger partial charge in [-0.05, 0) is 154 Å². The van der Waals surface area contributed by atoms with Gasteiger partial charge in [0.25, 0.3) is 0 Å². The van der Waals surface area contributed by atoms with E-state index in [0.29, 0.717) is 25.7 Å². The summed E-state index contributed by atoms with van der Waals surface area (Å²) in [6, 6.07) is 0. The highest BCUT2D eigenvalue weighted by atomic mass is 31.2. The number of ether oxygens (including phenoxy) is 3. The Morgan fingerprint density at radius 3 is 0.726 bits per heavy atom. The third kappa shape index (κ3) is 87.1. The zero-order chi connectivity index (χ0) is 82.2. The second-order valence-corrected chi connectivity index (χ2v) is 31.5. The first kappa shape index (κ1) is 107. The standard InChI is InChI=1S/C95H156O16P2/c1-4-7-10-13-16-19-22-25-28-31-33-35-37-39-40-41-42-43-44-45-46-47-48-50-52-53-55-58-60-63-66-69-72-75-78-81-93(98)105-84-90(96)85-107-112(101,102)108-86-91(97)87-109-113(103,104)110-89-92(111-95(100)83-80-77-74-71-68-65-62-57-30-27-24-21-18-15-12-9-6-3)88-106-94(99)82-79-76-73-70-67-64-61-59-56-54-51-49-38-36-34-32-29-26-23-20-17-14-11-8-5-2/h7-12,16-21,25-30,33-36,39-40,49,51,56,59,62,65,71,74,90-92,96-97H,4-6,13-15,22-24,31-32,37-38,41-48,50,52-55,57-58,60-61,63-64,66-70,72-73,75-89H2,1-3H3,(H,101,102)(H,103,104)/b10-7-,11-8-,12-9-,19-16-,20-17-,21-18-,28-25-,29-26-,30-27-,35-33-,36-34-,40-39-,51-49-,59-56-,65-62-,74-71-. The number of phosphoric acid groups is 2. The molecule has 642 valence electrons. The Morgan fingerprint density at radius 2 is 0.451 bits per heavy atom. The number of aliphatic hydroxyl groups excluding tert-OH is 2. The highest BCUT2D eigenvalue weighted by molar-refractivity contribution is 7.47. The normalized spacial score (nSPS) is 14.8. The van der Waals surface area contributed by atoms with Crippen molar-refractivity contribution in [3.8, 4) is 0 Å². The van der Waals surface area contributed by atoms with Crippen LogP contribution < -0.4 is 0 Å². The molecule has 0 bridgehead atoms. The summed E-state index contributed by atoms with van der Waals surface area (Å²) in [6.07, 6.45) is 114. The van der Waals surface area contributed by atoms with E-state index in [4.69, 9.17) is 32.3 Å². The molecule has 0 heterocycles. The van der Waals surface area contributed by atoms with Crippen molar-refractivity contribution in [3.63, 3.8) is 0 Å². The van der Waals surface area contributed by atoms with E-state index < -0.39 is 91.5 Å². The molecule has 5 atom stereocenters. The van der Waals surface area contributed by atoms with Crippen LogP contribution in [0.5, 0.6) is 0 Å². The number of carbonyl (C=O) groups is 3. The van der Waals surface area contributed by atoms with Crippen molar-refractivity contribution in [1.29, 1.82) is 0 Å². The maximum atomic E-state index is 13.0. The Kier molecular flexibility index (Phi) is 81.5. The van der Waals surface area contributed by atoms with Gasteiger partial charge in [0.2, 0.25) is 0 Å². The fourth-order valence-electron chi connectivity index (χ4n) is 11.3. The van der Waals surface area contributed by atoms with Gasteiger partial charge in [-0.25, -0.2) is 9.13 Å². The summed E-state index contributed by atoms with van der Waals surface area (Å²) >= 11 is 0. The summed E-state index contributed by atoms with van der Waals surface area (Å²) in [7, 11) is -9.83. The molecule has 4 N–H and O–H groups in total. The largest absolute Gasteiger partial charge is 0.472 e. The van der Waals surface area contributed by atoms with Gasteiger partial charge >= 0.3 is 33.6 Å². The Hall–Kier alpha value is -5.61. The fourth-order valence-corrected chi connectivity index (χ4v) is 12.9. The van der Waals surface area contributed by atoms with Crippen LogP contribution in [0.4, 0.5) is 0 Å². The van der Waals surface area contributed by atoms with Gasteiger partial charge in [0.1, 0.15) is 25.4 Å². The number of esters is 3. The van der Waals surface area contributed by atoms with Gasteiger partial charge in [0.15, 0.2) is 6.10 Å². The third-order valence-electron chi connectivity index (χ3n) is 17.8. The summed E-state index contributed by atoms with van der Waals surface area (Å²) < 4.78 is 61.2. The SMILES string of the molecule is CC/C=C\C/C=C\C/C=C\C/C=C\C/C=C\C/C=C\CCCCCCCCC(=O)OCC(COP(=O)(O)OCC(O)COP(=O)(O)OCC(O)COC(=O)CCCCCCCCCCCCCCCCCCCCC/C=C\C/C=C\C/C=C\C/C=C\C/C=C\CC)OC(=O)CCC/C=C\C/C=C\C/C=C\C/C=C\C/C=C\CC. The highest BCUT2D eigenvalue weighted by Crippen LogP contribution is 2.45. The van der Waals surface area contributed by atoms with Crippen LogP contribution in [0.2, 0.25) is 0 Å². The minimum absolute atomic E-state index is 0.0159. The van der Waals surface area contributed by atoms with Crippen molar-refractivity contribution in [2.75, 3.05) is 39.6 Å². The van der Waals surface area contributed by atoms with Gasteiger partial charge < -0.3 is 34.2 Å². The topological polar surface area (TPSA) is 231 Å². The molecule has 113 heavy (non-hydrogen) atoms. The van der Waals surface area contributed by atoms with Crippen LogP contribution in [0.3, 0.4) is 0 Å². The average Bonchev–Trinajstić information content (AvgIpc) is 0.902. The van der Waals surface area contributed by atoms with Crippen LogP contribution in [0.1, 0.15) is 329 Å². The van der Waals surface area contributed by atoms with E-state index in [2.05, 4.69) is 203 Å². The molecule has 0 spiro atoms. The second-order valence-electron chi connectivity index (χ2n) is 28.5. The van der Waals surface area contributed by atoms with Gasteiger partial charge in [-0.3, -0.25) is 32.5 Å². The Balaban J connectivity index is 4.52. The molecular formula is C95H156O16P2. The minimum atomic E-state index is -4.96. The van der Waals surface area contributed by atoms with Gasteiger partial charge in [-0.2, -0.15) is 0 Å². The number of rotatable bonds is 81. The smallest absolute Gasteiger partial charge is 0.463 e. The maximum Gasteiger partial charge on any atom is 0.472 e. The minimum Gasteiger partial charge on any atom is -0.463 e. The van der Waals surface area contributed by atoms with E-state index in [1.807, 2.05) is 12.2 Å². The number of unbranched alkanes of at least 4 members (excludes halogenated alkanes) is 26. The van der Waals surface area contributed by atoms with Gasteiger partial charge in [-0.1, -0.05) is 350 Å². The summed E-state index contributed by atoms with van der Waals surface area (Å²) in [5.74, 6) is -1.67. The summed E-state index contributed by atoms with van der Waals surface area (Å²) in [4.78, 5) is 58.8. The monoisotopic (exact) mass is 1620 g/mol. The molecule has 0 saturated heterocycles. The fraction of sp³-hybridized carbons (Fsp3) is 0.632. The molecule has 0 aliphatic heterocycles. The molecule has 0 radical (unpaired) electrons. The average molecular weight is 1620 g/mol. The Labute approximate surface area is 687 Å². The molecule has 0 aromatic rings.